The van der Waals surface area contributed by atoms with E-state index in [-0.39, 0.29) is 11.0 Å². The van der Waals surface area contributed by atoms with E-state index in [4.69, 9.17) is 0 Å². The van der Waals surface area contributed by atoms with Crippen molar-refractivity contribution in [1.82, 2.24) is 10.3 Å². The summed E-state index contributed by atoms with van der Waals surface area (Å²) >= 11 is 1.76. The monoisotopic (exact) mass is 254 g/mol. The number of hydrogen-bond donors (Lipinski definition) is 1. The third-order valence-electron chi connectivity index (χ3n) is 3.45. The van der Waals surface area contributed by atoms with Gasteiger partial charge in [-0.25, -0.2) is 4.98 Å². The van der Waals surface area contributed by atoms with E-state index in [1.807, 2.05) is 6.20 Å². The zero-order valence-corrected chi connectivity index (χ0v) is 12.8. The van der Waals surface area contributed by atoms with Gasteiger partial charge >= 0.3 is 0 Å². The maximum atomic E-state index is 4.42. The van der Waals surface area contributed by atoms with Crippen LogP contribution in [-0.2, 0) is 6.42 Å². The quantitative estimate of drug-likeness (QED) is 0.866. The lowest BCUT2D eigenvalue weighted by Crippen LogP contribution is -2.45. The lowest BCUT2D eigenvalue weighted by molar-refractivity contribution is 0.187. The average molecular weight is 254 g/mol. The van der Waals surface area contributed by atoms with Crippen molar-refractivity contribution in [1.29, 1.82) is 0 Å². The van der Waals surface area contributed by atoms with Gasteiger partial charge in [0.25, 0.3) is 0 Å². The summed E-state index contributed by atoms with van der Waals surface area (Å²) in [6.45, 7) is 14.7. The van der Waals surface area contributed by atoms with Crippen molar-refractivity contribution >= 4 is 11.3 Å². The van der Waals surface area contributed by atoms with Gasteiger partial charge in [0.05, 0.1) is 5.01 Å². The molecule has 1 rings (SSSR count). The van der Waals surface area contributed by atoms with Crippen LogP contribution in [0.5, 0.6) is 0 Å². The molecule has 0 amide bonds. The zero-order chi connectivity index (χ0) is 13.1. The summed E-state index contributed by atoms with van der Waals surface area (Å²) in [5, 5.41) is 6.94. The average Bonchev–Trinajstić information content (AvgIpc) is 2.66. The Morgan fingerprint density at radius 3 is 2.35 bits per heavy atom. The van der Waals surface area contributed by atoms with E-state index in [0.29, 0.717) is 5.92 Å². The van der Waals surface area contributed by atoms with Crippen LogP contribution >= 0.6 is 11.3 Å². The summed E-state index contributed by atoms with van der Waals surface area (Å²) in [4.78, 5) is 4.42. The van der Waals surface area contributed by atoms with Gasteiger partial charge in [0.1, 0.15) is 0 Å². The molecule has 0 aliphatic heterocycles. The highest BCUT2D eigenvalue weighted by Crippen LogP contribution is 2.31. The first-order chi connectivity index (χ1) is 7.73. The van der Waals surface area contributed by atoms with Crippen LogP contribution in [0.25, 0.3) is 0 Å². The molecule has 1 atom stereocenters. The number of nitrogens with one attached hydrogen (secondary N) is 1. The predicted molar refractivity (Wildman–Crippen MR) is 76.5 cm³/mol. The van der Waals surface area contributed by atoms with Crippen molar-refractivity contribution in [3.63, 3.8) is 0 Å². The first kappa shape index (κ1) is 14.7. The van der Waals surface area contributed by atoms with E-state index in [2.05, 4.69) is 57.2 Å². The largest absolute Gasteiger partial charge is 0.312 e. The molecule has 0 spiro atoms. The second-order valence-corrected chi connectivity index (χ2v) is 7.49. The number of thiazole rings is 1. The normalized spacial score (nSPS) is 16.2. The molecule has 0 saturated carbocycles. The second kappa shape index (κ2) is 5.49. The molecule has 17 heavy (non-hydrogen) atoms. The standard InChI is InChI=1S/C14H26N2S/c1-11(2)14(6,10-16-13(3,4)5)9-12-15-7-8-17-12/h7-8,11,16H,9-10H2,1-6H3. The first-order valence-corrected chi connectivity index (χ1v) is 7.24. The van der Waals surface area contributed by atoms with E-state index >= 15 is 0 Å². The van der Waals surface area contributed by atoms with Crippen LogP contribution in [0.2, 0.25) is 0 Å². The summed E-state index contributed by atoms with van der Waals surface area (Å²) in [6, 6.07) is 0. The lowest BCUT2D eigenvalue weighted by Gasteiger charge is -2.36. The van der Waals surface area contributed by atoms with E-state index in [0.717, 1.165) is 13.0 Å². The minimum absolute atomic E-state index is 0.180. The molecule has 0 fully saturated rings. The smallest absolute Gasteiger partial charge is 0.0930 e. The van der Waals surface area contributed by atoms with Gasteiger partial charge in [-0.05, 0) is 32.1 Å². The molecule has 0 aromatic carbocycles. The highest BCUT2D eigenvalue weighted by Gasteiger charge is 2.30. The lowest BCUT2D eigenvalue weighted by atomic mass is 9.76. The van der Waals surface area contributed by atoms with Crippen molar-refractivity contribution < 1.29 is 0 Å². The minimum Gasteiger partial charge on any atom is -0.312 e. The summed E-state index contributed by atoms with van der Waals surface area (Å²) in [5.41, 5.74) is 0.449. The van der Waals surface area contributed by atoms with Crippen LogP contribution in [0.1, 0.15) is 46.6 Å². The number of aromatic nitrogens is 1. The molecular formula is C14H26N2S. The molecule has 1 aromatic heterocycles. The van der Waals surface area contributed by atoms with Gasteiger partial charge in [-0.1, -0.05) is 20.8 Å². The van der Waals surface area contributed by atoms with Gasteiger partial charge < -0.3 is 5.32 Å². The molecule has 2 nitrogen and oxygen atoms in total. The van der Waals surface area contributed by atoms with Gasteiger partial charge in [0.2, 0.25) is 0 Å². The van der Waals surface area contributed by atoms with Crippen molar-refractivity contribution in [2.75, 3.05) is 6.54 Å². The predicted octanol–water partition coefficient (Wildman–Crippen LogP) is 3.74. The Kier molecular flexibility index (Phi) is 4.73. The molecule has 1 heterocycles. The number of rotatable bonds is 5. The Bertz CT molecular complexity index is 324. The summed E-state index contributed by atoms with van der Waals surface area (Å²) in [7, 11) is 0. The first-order valence-electron chi connectivity index (χ1n) is 6.36. The van der Waals surface area contributed by atoms with Crippen LogP contribution < -0.4 is 5.32 Å². The molecule has 1 unspecified atom stereocenters. The Balaban J connectivity index is 2.69. The Morgan fingerprint density at radius 1 is 1.29 bits per heavy atom. The molecule has 98 valence electrons. The van der Waals surface area contributed by atoms with Crippen molar-refractivity contribution in [3.8, 4) is 0 Å². The van der Waals surface area contributed by atoms with Crippen molar-refractivity contribution in [2.45, 2.75) is 53.5 Å². The summed E-state index contributed by atoms with van der Waals surface area (Å²) in [6.07, 6.45) is 2.96. The third kappa shape index (κ3) is 4.76. The summed E-state index contributed by atoms with van der Waals surface area (Å²) in [5.74, 6) is 0.640. The van der Waals surface area contributed by atoms with E-state index in [1.165, 1.54) is 5.01 Å². The topological polar surface area (TPSA) is 24.9 Å². The fraction of sp³-hybridized carbons (Fsp3) is 0.786. The molecule has 3 heteroatoms. The molecule has 0 saturated heterocycles. The Hall–Kier alpha value is -0.410. The molecule has 0 aliphatic carbocycles. The van der Waals surface area contributed by atoms with Crippen LogP contribution in [-0.4, -0.2) is 17.1 Å². The zero-order valence-electron chi connectivity index (χ0n) is 12.0. The molecule has 0 bridgehead atoms. The Labute approximate surface area is 110 Å². The highest BCUT2D eigenvalue weighted by molar-refractivity contribution is 7.09. The molecule has 1 aromatic rings. The van der Waals surface area contributed by atoms with E-state index in [9.17, 15) is 0 Å². The van der Waals surface area contributed by atoms with Crippen LogP contribution in [0.3, 0.4) is 0 Å². The SMILES string of the molecule is CC(C)C(C)(CNC(C)(C)C)Cc1nccs1. The third-order valence-corrected chi connectivity index (χ3v) is 4.23. The van der Waals surface area contributed by atoms with Crippen LogP contribution in [0, 0.1) is 11.3 Å². The van der Waals surface area contributed by atoms with E-state index in [1.54, 1.807) is 11.3 Å². The second-order valence-electron chi connectivity index (χ2n) is 6.51. The summed E-state index contributed by atoms with van der Waals surface area (Å²) < 4.78 is 0. The van der Waals surface area contributed by atoms with Crippen LogP contribution in [0.4, 0.5) is 0 Å². The van der Waals surface area contributed by atoms with Gasteiger partial charge in [-0.2, -0.15) is 0 Å². The highest BCUT2D eigenvalue weighted by atomic mass is 32.1. The Morgan fingerprint density at radius 2 is 1.94 bits per heavy atom. The maximum Gasteiger partial charge on any atom is 0.0930 e. The van der Waals surface area contributed by atoms with Gasteiger partial charge in [-0.15, -0.1) is 11.3 Å². The molecule has 1 N–H and O–H groups in total. The van der Waals surface area contributed by atoms with Gasteiger partial charge in [-0.3, -0.25) is 0 Å². The fourth-order valence-electron chi connectivity index (χ4n) is 1.62. The van der Waals surface area contributed by atoms with Gasteiger partial charge in [0.15, 0.2) is 0 Å². The van der Waals surface area contributed by atoms with Crippen LogP contribution in [0.15, 0.2) is 11.6 Å². The van der Waals surface area contributed by atoms with Crippen molar-refractivity contribution in [2.24, 2.45) is 11.3 Å². The number of hydrogen-bond acceptors (Lipinski definition) is 3. The van der Waals surface area contributed by atoms with Gasteiger partial charge in [0, 0.05) is 30.1 Å². The molecular weight excluding hydrogens is 228 g/mol. The maximum absolute atomic E-state index is 4.42. The molecule has 0 radical (unpaired) electrons. The molecule has 0 aliphatic rings. The van der Waals surface area contributed by atoms with E-state index < -0.39 is 0 Å². The fourth-order valence-corrected chi connectivity index (χ4v) is 2.44. The van der Waals surface area contributed by atoms with Crippen molar-refractivity contribution in [3.05, 3.63) is 16.6 Å². The number of nitrogens with zero attached hydrogens (tertiary/aromatic N) is 1. The minimum atomic E-state index is 0.180.